The third-order valence-electron chi connectivity index (χ3n) is 4.85. The molecule has 0 unspecified atom stereocenters. The van der Waals surface area contributed by atoms with E-state index in [2.05, 4.69) is 26.2 Å². The summed E-state index contributed by atoms with van der Waals surface area (Å²) in [5, 5.41) is 13.8. The van der Waals surface area contributed by atoms with Gasteiger partial charge in [-0.25, -0.2) is 22.6 Å². The smallest absolute Gasteiger partial charge is 0.427 e. The molecule has 31 heavy (non-hydrogen) atoms. The minimum absolute atomic E-state index is 0.0226. The molecule has 1 fully saturated rings. The minimum Gasteiger partial charge on any atom is -0.464 e. The predicted molar refractivity (Wildman–Crippen MR) is 120 cm³/mol. The van der Waals surface area contributed by atoms with E-state index in [1.165, 1.54) is 10.9 Å². The van der Waals surface area contributed by atoms with Crippen molar-refractivity contribution in [1.82, 2.24) is 4.98 Å². The number of thiazole rings is 1. The lowest BCUT2D eigenvalue weighted by Crippen LogP contribution is -2.36. The second-order valence-electron chi connectivity index (χ2n) is 6.85. The maximum atomic E-state index is 14.9. The van der Waals surface area contributed by atoms with Crippen LogP contribution in [0.3, 0.4) is 0 Å². The zero-order valence-electron chi connectivity index (χ0n) is 15.5. The van der Waals surface area contributed by atoms with E-state index in [0.717, 1.165) is 46.3 Å². The van der Waals surface area contributed by atoms with Crippen LogP contribution in [0, 0.1) is 5.82 Å². The van der Waals surface area contributed by atoms with E-state index in [1.807, 2.05) is 24.3 Å². The Morgan fingerprint density at radius 3 is 2.61 bits per heavy atom. The van der Waals surface area contributed by atoms with Gasteiger partial charge < -0.3 is 10.4 Å². The summed E-state index contributed by atoms with van der Waals surface area (Å²) < 4.78 is 41.7. The van der Waals surface area contributed by atoms with Gasteiger partial charge >= 0.3 is 6.09 Å². The van der Waals surface area contributed by atoms with Gasteiger partial charge in [0.15, 0.2) is 5.82 Å². The van der Waals surface area contributed by atoms with E-state index < -0.39 is 32.4 Å². The third kappa shape index (κ3) is 4.02. The second kappa shape index (κ2) is 8.05. The number of rotatable bonds is 6. The number of hydrogen-bond acceptors (Lipinski definition) is 6. The Bertz CT molecular complexity index is 1270. The zero-order valence-corrected chi connectivity index (χ0v) is 19.5. The van der Waals surface area contributed by atoms with Gasteiger partial charge in [0.05, 0.1) is 21.8 Å². The number of halogens is 3. The Morgan fingerprint density at radius 1 is 1.32 bits per heavy atom. The Balaban J connectivity index is 1.71. The van der Waals surface area contributed by atoms with E-state index >= 15 is 0 Å². The summed E-state index contributed by atoms with van der Waals surface area (Å²) in [6.07, 6.45) is -0.247. The van der Waals surface area contributed by atoms with Crippen LogP contribution < -0.4 is 9.62 Å². The van der Waals surface area contributed by atoms with Crippen molar-refractivity contribution in [2.45, 2.75) is 23.3 Å². The molecule has 1 heterocycles. The van der Waals surface area contributed by atoms with Crippen LogP contribution in [0.4, 0.5) is 20.7 Å². The molecule has 2 aromatic carbocycles. The summed E-state index contributed by atoms with van der Waals surface area (Å²) in [4.78, 5) is 14.5. The zero-order chi connectivity index (χ0) is 22.4. The van der Waals surface area contributed by atoms with Crippen molar-refractivity contribution in [3.8, 4) is 0 Å². The molecule has 0 atom stereocenters. The standard InChI is InChI=1S/C19H14BrClFN3O4S2/c20-12-4-2-1-3-11(12)19(5-6-19)24-15-8-14(22)16(7-13(15)21)31(28,29)25(18(26)27)17-9-30-10-23-17/h1-4,7-10,24H,5-6H2,(H,26,27). The van der Waals surface area contributed by atoms with Gasteiger partial charge in [0.2, 0.25) is 0 Å². The second-order valence-corrected chi connectivity index (χ2v) is 10.6. The highest BCUT2D eigenvalue weighted by Gasteiger charge is 2.46. The number of amides is 1. The number of anilines is 2. The molecule has 4 rings (SSSR count). The largest absolute Gasteiger partial charge is 0.464 e. The molecule has 162 valence electrons. The van der Waals surface area contributed by atoms with Crippen LogP contribution in [0.1, 0.15) is 18.4 Å². The van der Waals surface area contributed by atoms with Crippen molar-refractivity contribution in [1.29, 1.82) is 0 Å². The average molecular weight is 547 g/mol. The first-order valence-electron chi connectivity index (χ1n) is 8.84. The highest BCUT2D eigenvalue weighted by molar-refractivity contribution is 9.10. The maximum Gasteiger partial charge on any atom is 0.427 e. The number of nitrogens with one attached hydrogen (secondary N) is 1. The molecular weight excluding hydrogens is 533 g/mol. The summed E-state index contributed by atoms with van der Waals surface area (Å²) in [6, 6.07) is 9.48. The number of benzene rings is 2. The van der Waals surface area contributed by atoms with Gasteiger partial charge in [0.25, 0.3) is 10.0 Å². The molecule has 0 bridgehead atoms. The van der Waals surface area contributed by atoms with E-state index in [1.54, 1.807) is 0 Å². The number of carboxylic acid groups (broad SMARTS) is 1. The summed E-state index contributed by atoms with van der Waals surface area (Å²) in [5.41, 5.74) is 2.00. The average Bonchev–Trinajstić information content (AvgIpc) is 3.28. The van der Waals surface area contributed by atoms with Crippen molar-refractivity contribution in [3.05, 3.63) is 68.2 Å². The highest BCUT2D eigenvalue weighted by atomic mass is 79.9. The van der Waals surface area contributed by atoms with Gasteiger partial charge in [-0.3, -0.25) is 0 Å². The molecular formula is C19H14BrClFN3O4S2. The van der Waals surface area contributed by atoms with Crippen LogP contribution in [0.15, 0.2) is 56.7 Å². The topological polar surface area (TPSA) is 99.6 Å². The summed E-state index contributed by atoms with van der Waals surface area (Å²) in [6.45, 7) is 0. The Hall–Kier alpha value is -2.21. The lowest BCUT2D eigenvalue weighted by molar-refractivity contribution is 0.206. The molecule has 3 aromatic rings. The fourth-order valence-electron chi connectivity index (χ4n) is 3.24. The van der Waals surface area contributed by atoms with E-state index in [4.69, 9.17) is 11.6 Å². The molecule has 7 nitrogen and oxygen atoms in total. The van der Waals surface area contributed by atoms with Gasteiger partial charge in [-0.05, 0) is 36.6 Å². The number of nitrogens with zero attached hydrogens (tertiary/aromatic N) is 2. The Kier molecular flexibility index (Phi) is 5.71. The van der Waals surface area contributed by atoms with Gasteiger partial charge in [0.1, 0.15) is 10.7 Å². The molecule has 1 aromatic heterocycles. The molecule has 2 N–H and O–H groups in total. The van der Waals surface area contributed by atoms with Crippen molar-refractivity contribution in [3.63, 3.8) is 0 Å². The van der Waals surface area contributed by atoms with Gasteiger partial charge in [-0.2, -0.15) is 0 Å². The molecule has 1 aliphatic rings. The van der Waals surface area contributed by atoms with E-state index in [-0.39, 0.29) is 20.8 Å². The van der Waals surface area contributed by atoms with Crippen LogP contribution in [0.25, 0.3) is 0 Å². The number of carbonyl (C=O) groups is 1. The van der Waals surface area contributed by atoms with E-state index in [0.29, 0.717) is 0 Å². The Morgan fingerprint density at radius 2 is 2.03 bits per heavy atom. The van der Waals surface area contributed by atoms with Crippen molar-refractivity contribution >= 4 is 66.5 Å². The fraction of sp³-hybridized carbons (Fsp3) is 0.158. The highest BCUT2D eigenvalue weighted by Crippen LogP contribution is 2.51. The van der Waals surface area contributed by atoms with Crippen LogP contribution in [0.2, 0.25) is 5.02 Å². The molecule has 12 heteroatoms. The lowest BCUT2D eigenvalue weighted by atomic mass is 10.0. The first-order valence-corrected chi connectivity index (χ1v) is 12.4. The summed E-state index contributed by atoms with van der Waals surface area (Å²) in [7, 11) is -4.80. The van der Waals surface area contributed by atoms with Crippen molar-refractivity contribution in [2.75, 3.05) is 9.62 Å². The van der Waals surface area contributed by atoms with Crippen molar-refractivity contribution < 1.29 is 22.7 Å². The first kappa shape index (κ1) is 22.0. The molecule has 0 spiro atoms. The third-order valence-corrected chi connectivity index (χ3v) is 8.13. The van der Waals surface area contributed by atoms with Crippen LogP contribution in [-0.2, 0) is 15.6 Å². The van der Waals surface area contributed by atoms with E-state index in [9.17, 15) is 22.7 Å². The molecule has 0 radical (unpaired) electrons. The van der Waals surface area contributed by atoms with Gasteiger partial charge in [-0.1, -0.05) is 45.7 Å². The SMILES string of the molecule is O=C(O)N(c1cscn1)S(=O)(=O)c1cc(Cl)c(NC2(c3ccccc3Br)CC2)cc1F. The van der Waals surface area contributed by atoms with Crippen LogP contribution in [-0.4, -0.2) is 24.6 Å². The molecule has 1 saturated carbocycles. The predicted octanol–water partition coefficient (Wildman–Crippen LogP) is 5.67. The van der Waals surface area contributed by atoms with Crippen molar-refractivity contribution in [2.24, 2.45) is 0 Å². The van der Waals surface area contributed by atoms with Gasteiger partial charge in [-0.15, -0.1) is 15.6 Å². The number of hydrogen-bond donors (Lipinski definition) is 2. The fourth-order valence-corrected chi connectivity index (χ4v) is 6.09. The Labute approximate surface area is 194 Å². The first-order chi connectivity index (χ1) is 14.7. The summed E-state index contributed by atoms with van der Waals surface area (Å²) in [5.74, 6) is -1.47. The minimum atomic E-state index is -4.80. The molecule has 1 amide bonds. The number of aromatic nitrogens is 1. The number of sulfonamides is 1. The lowest BCUT2D eigenvalue weighted by Gasteiger charge is -2.23. The maximum absolute atomic E-state index is 14.9. The van der Waals surface area contributed by atoms with Crippen LogP contribution in [0.5, 0.6) is 0 Å². The molecule has 0 saturated heterocycles. The summed E-state index contributed by atoms with van der Waals surface area (Å²) >= 11 is 10.8. The van der Waals surface area contributed by atoms with Crippen LogP contribution >= 0.6 is 38.9 Å². The monoisotopic (exact) mass is 545 g/mol. The molecule has 1 aliphatic carbocycles. The normalized spacial score (nSPS) is 14.8. The quantitative estimate of drug-likeness (QED) is 0.413. The molecule has 0 aliphatic heterocycles. The van der Waals surface area contributed by atoms with Gasteiger partial charge in [0, 0.05) is 9.85 Å².